The van der Waals surface area contributed by atoms with Crippen LogP contribution in [0.4, 0.5) is 13.2 Å². The second kappa shape index (κ2) is 4.86. The Kier molecular flexibility index (Phi) is 3.43. The highest BCUT2D eigenvalue weighted by Gasteiger charge is 2.35. The predicted molar refractivity (Wildman–Crippen MR) is 55.8 cm³/mol. The second-order valence-corrected chi connectivity index (χ2v) is 3.88. The third kappa shape index (κ3) is 2.74. The molecule has 1 saturated heterocycles. The zero-order valence-electron chi connectivity index (χ0n) is 9.33. The highest BCUT2D eigenvalue weighted by atomic mass is 19.4. The van der Waals surface area contributed by atoms with Crippen molar-refractivity contribution in [3.05, 3.63) is 29.3 Å². The lowest BCUT2D eigenvalue weighted by Gasteiger charge is -2.17. The van der Waals surface area contributed by atoms with Gasteiger partial charge in [0.1, 0.15) is 5.75 Å². The van der Waals surface area contributed by atoms with Gasteiger partial charge in [0.2, 0.25) is 0 Å². The normalized spacial score (nSPS) is 19.6. The topological polar surface area (TPSA) is 42.2 Å². The molecule has 1 aromatic carbocycles. The molecule has 2 rings (SSSR count). The smallest absolute Gasteiger partial charge is 0.420 e. The molecule has 0 N–H and O–H groups in total. The first-order valence-corrected chi connectivity index (χ1v) is 5.40. The second-order valence-electron chi connectivity index (χ2n) is 3.88. The van der Waals surface area contributed by atoms with E-state index in [-0.39, 0.29) is 11.3 Å². The van der Waals surface area contributed by atoms with Gasteiger partial charge in [-0.3, -0.25) is 0 Å². The first-order chi connectivity index (χ1) is 8.50. The van der Waals surface area contributed by atoms with E-state index in [9.17, 15) is 13.2 Å². The van der Waals surface area contributed by atoms with Crippen LogP contribution in [0, 0.1) is 11.3 Å². The summed E-state index contributed by atoms with van der Waals surface area (Å²) in [5.41, 5.74) is -1.00. The molecule has 1 aromatic rings. The Balaban J connectivity index is 2.30. The van der Waals surface area contributed by atoms with Crippen molar-refractivity contribution in [2.75, 3.05) is 6.61 Å². The summed E-state index contributed by atoms with van der Waals surface area (Å²) in [7, 11) is 0. The van der Waals surface area contributed by atoms with Gasteiger partial charge < -0.3 is 9.47 Å². The monoisotopic (exact) mass is 257 g/mol. The molecule has 0 radical (unpaired) electrons. The summed E-state index contributed by atoms with van der Waals surface area (Å²) in [4.78, 5) is 0. The Hall–Kier alpha value is -1.74. The van der Waals surface area contributed by atoms with Gasteiger partial charge >= 0.3 is 6.18 Å². The molecule has 1 fully saturated rings. The molecule has 0 unspecified atom stereocenters. The molecule has 6 heteroatoms. The summed E-state index contributed by atoms with van der Waals surface area (Å²) in [6.07, 6.45) is -3.86. The minimum absolute atomic E-state index is 0.0537. The Labute approximate surface area is 102 Å². The Morgan fingerprint density at radius 2 is 2.17 bits per heavy atom. The summed E-state index contributed by atoms with van der Waals surface area (Å²) in [6.45, 7) is 0.488. The summed E-state index contributed by atoms with van der Waals surface area (Å²) < 4.78 is 48.7. The lowest BCUT2D eigenvalue weighted by Crippen LogP contribution is -2.17. The fraction of sp³-hybridized carbons (Fsp3) is 0.417. The molecule has 3 nitrogen and oxygen atoms in total. The number of rotatable bonds is 2. The van der Waals surface area contributed by atoms with Crippen molar-refractivity contribution in [3.63, 3.8) is 0 Å². The average Bonchev–Trinajstić information content (AvgIpc) is 2.81. The highest BCUT2D eigenvalue weighted by molar-refractivity contribution is 5.43. The fourth-order valence-electron chi connectivity index (χ4n) is 1.71. The van der Waals surface area contributed by atoms with Gasteiger partial charge in [-0.2, -0.15) is 18.4 Å². The molecule has 0 aromatic heterocycles. The van der Waals surface area contributed by atoms with E-state index in [1.807, 2.05) is 0 Å². The maximum atomic E-state index is 12.8. The number of benzene rings is 1. The van der Waals surface area contributed by atoms with Crippen molar-refractivity contribution < 1.29 is 22.6 Å². The Morgan fingerprint density at radius 3 is 2.72 bits per heavy atom. The molecule has 0 saturated carbocycles. The van der Waals surface area contributed by atoms with Gasteiger partial charge in [0, 0.05) is 6.42 Å². The maximum absolute atomic E-state index is 12.8. The van der Waals surface area contributed by atoms with Crippen LogP contribution in [0.3, 0.4) is 0 Å². The summed E-state index contributed by atoms with van der Waals surface area (Å²) in [5.74, 6) is -0.298. The van der Waals surface area contributed by atoms with Gasteiger partial charge in [-0.25, -0.2) is 0 Å². The minimum atomic E-state index is -4.55. The zero-order valence-corrected chi connectivity index (χ0v) is 9.33. The van der Waals surface area contributed by atoms with Crippen molar-refractivity contribution in [2.45, 2.75) is 25.3 Å². The minimum Gasteiger partial charge on any atom is -0.464 e. The number of nitriles is 1. The molecule has 1 aliphatic heterocycles. The van der Waals surface area contributed by atoms with Crippen LogP contribution in [0.1, 0.15) is 24.0 Å². The van der Waals surface area contributed by atoms with Crippen molar-refractivity contribution in [3.8, 4) is 11.8 Å². The van der Waals surface area contributed by atoms with Gasteiger partial charge in [0.05, 0.1) is 23.8 Å². The quantitative estimate of drug-likeness (QED) is 0.817. The number of hydrogen-bond donors (Lipinski definition) is 0. The van der Waals surface area contributed by atoms with E-state index >= 15 is 0 Å². The number of ether oxygens (including phenoxy) is 2. The van der Waals surface area contributed by atoms with Crippen LogP contribution in [0.2, 0.25) is 0 Å². The molecular formula is C12H10F3NO2. The van der Waals surface area contributed by atoms with Crippen molar-refractivity contribution in [1.82, 2.24) is 0 Å². The number of alkyl halides is 3. The number of nitrogens with zero attached hydrogens (tertiary/aromatic N) is 1. The van der Waals surface area contributed by atoms with Crippen LogP contribution in [0.5, 0.6) is 5.75 Å². The van der Waals surface area contributed by atoms with E-state index in [0.717, 1.165) is 18.6 Å². The highest BCUT2D eigenvalue weighted by Crippen LogP contribution is 2.37. The first-order valence-electron chi connectivity index (χ1n) is 5.40. The number of hydrogen-bond acceptors (Lipinski definition) is 3. The van der Waals surface area contributed by atoms with E-state index < -0.39 is 18.0 Å². The third-order valence-corrected chi connectivity index (χ3v) is 2.56. The molecule has 0 aliphatic carbocycles. The van der Waals surface area contributed by atoms with Gasteiger partial charge in [-0.05, 0) is 24.6 Å². The lowest BCUT2D eigenvalue weighted by molar-refractivity contribution is -0.141. The summed E-state index contributed by atoms with van der Waals surface area (Å²) in [5, 5.41) is 8.62. The van der Waals surface area contributed by atoms with Crippen LogP contribution in [-0.2, 0) is 10.9 Å². The Bertz CT molecular complexity index is 473. The predicted octanol–water partition coefficient (Wildman–Crippen LogP) is 3.09. The fourth-order valence-corrected chi connectivity index (χ4v) is 1.71. The van der Waals surface area contributed by atoms with Crippen LogP contribution < -0.4 is 4.74 Å². The average molecular weight is 257 g/mol. The van der Waals surface area contributed by atoms with Crippen LogP contribution in [0.25, 0.3) is 0 Å². The van der Waals surface area contributed by atoms with Crippen molar-refractivity contribution in [1.29, 1.82) is 5.26 Å². The zero-order chi connectivity index (χ0) is 13.2. The van der Waals surface area contributed by atoms with Crippen molar-refractivity contribution >= 4 is 0 Å². The van der Waals surface area contributed by atoms with E-state index in [0.29, 0.717) is 13.0 Å². The molecule has 1 heterocycles. The van der Waals surface area contributed by atoms with Gasteiger partial charge in [-0.15, -0.1) is 0 Å². The number of halogens is 3. The van der Waals surface area contributed by atoms with E-state index in [1.54, 1.807) is 6.07 Å². The molecule has 0 bridgehead atoms. The lowest BCUT2D eigenvalue weighted by atomic mass is 10.1. The molecule has 1 atom stereocenters. The van der Waals surface area contributed by atoms with Crippen LogP contribution in [0.15, 0.2) is 18.2 Å². The van der Waals surface area contributed by atoms with Crippen molar-refractivity contribution in [2.24, 2.45) is 0 Å². The van der Waals surface area contributed by atoms with Crippen LogP contribution >= 0.6 is 0 Å². The van der Waals surface area contributed by atoms with E-state index in [2.05, 4.69) is 0 Å². The van der Waals surface area contributed by atoms with E-state index in [4.69, 9.17) is 14.7 Å². The standard InChI is InChI=1S/C12H10F3NO2/c13-12(14,15)9-6-8(7-16)3-4-10(9)18-11-2-1-5-17-11/h3-4,6,11H,1-2,5H2/t11-/m0/s1. The largest absolute Gasteiger partial charge is 0.464 e. The van der Waals surface area contributed by atoms with E-state index in [1.165, 1.54) is 6.07 Å². The van der Waals surface area contributed by atoms with Crippen LogP contribution in [-0.4, -0.2) is 12.9 Å². The molecule has 0 spiro atoms. The molecule has 0 amide bonds. The summed E-state index contributed by atoms with van der Waals surface area (Å²) in [6, 6.07) is 4.90. The Morgan fingerprint density at radius 1 is 1.39 bits per heavy atom. The SMILES string of the molecule is N#Cc1ccc(O[C@H]2CCCO2)c(C(F)(F)F)c1. The maximum Gasteiger partial charge on any atom is 0.420 e. The molecule has 1 aliphatic rings. The van der Waals surface area contributed by atoms with Gasteiger partial charge in [0.15, 0.2) is 6.29 Å². The summed E-state index contributed by atoms with van der Waals surface area (Å²) >= 11 is 0. The molecular weight excluding hydrogens is 247 g/mol. The molecule has 96 valence electrons. The third-order valence-electron chi connectivity index (χ3n) is 2.56. The first kappa shape index (κ1) is 12.7. The van der Waals surface area contributed by atoms with Gasteiger partial charge in [-0.1, -0.05) is 0 Å². The molecule has 18 heavy (non-hydrogen) atoms. The van der Waals surface area contributed by atoms with Gasteiger partial charge in [0.25, 0.3) is 0 Å².